The summed E-state index contributed by atoms with van der Waals surface area (Å²) in [6.45, 7) is 6.09. The summed E-state index contributed by atoms with van der Waals surface area (Å²) in [5, 5.41) is 4.17. The van der Waals surface area contributed by atoms with Crippen molar-refractivity contribution in [1.82, 2.24) is 14.9 Å². The molecule has 5 heteroatoms. The van der Waals surface area contributed by atoms with Gasteiger partial charge in [0.2, 0.25) is 0 Å². The molecule has 1 atom stereocenters. The molecule has 0 aliphatic carbocycles. The van der Waals surface area contributed by atoms with E-state index < -0.39 is 0 Å². The first kappa shape index (κ1) is 17.0. The maximum absolute atomic E-state index is 5.66. The molecule has 0 saturated carbocycles. The van der Waals surface area contributed by atoms with Gasteiger partial charge in [-0.15, -0.1) is 0 Å². The summed E-state index contributed by atoms with van der Waals surface area (Å²) >= 11 is 5.66. The molecule has 1 aliphatic rings. The van der Waals surface area contributed by atoms with E-state index in [1.165, 1.54) is 11.1 Å². The fourth-order valence-corrected chi connectivity index (χ4v) is 3.84. The molecule has 1 saturated heterocycles. The third kappa shape index (κ3) is 3.58. The van der Waals surface area contributed by atoms with Crippen molar-refractivity contribution >= 4 is 34.1 Å². The van der Waals surface area contributed by atoms with Crippen molar-refractivity contribution < 1.29 is 0 Å². The van der Waals surface area contributed by atoms with Crippen LogP contribution >= 0.6 is 12.2 Å². The average molecular weight is 365 g/mol. The topological polar surface area (TPSA) is 44.0 Å². The minimum Gasteiger partial charge on any atom is -0.348 e. The lowest BCUT2D eigenvalue weighted by molar-refractivity contribution is 0.307. The molecule has 2 N–H and O–H groups in total. The van der Waals surface area contributed by atoms with Crippen LogP contribution in [0.15, 0.2) is 42.5 Å². The molecule has 4 rings (SSSR count). The van der Waals surface area contributed by atoms with Crippen LogP contribution in [0.25, 0.3) is 11.0 Å². The van der Waals surface area contributed by atoms with Crippen molar-refractivity contribution in [2.45, 2.75) is 32.6 Å². The quantitative estimate of drug-likeness (QED) is 0.644. The third-order valence-electron chi connectivity index (χ3n) is 5.05. The molecular weight excluding hydrogens is 340 g/mol. The van der Waals surface area contributed by atoms with Gasteiger partial charge in [0.15, 0.2) is 5.11 Å². The lowest BCUT2D eigenvalue weighted by atomic mass is 9.98. The maximum Gasteiger partial charge on any atom is 0.173 e. The highest BCUT2D eigenvalue weighted by Crippen LogP contribution is 2.27. The Balaban J connectivity index is 1.47. The SMILES string of the molecule is Cc1ccc(NC(=S)N2CCC[C@@H](c3nc4ccc(C)cc4[nH]3)C2)cc1. The van der Waals surface area contributed by atoms with Gasteiger partial charge >= 0.3 is 0 Å². The molecule has 26 heavy (non-hydrogen) atoms. The van der Waals surface area contributed by atoms with Gasteiger partial charge in [-0.25, -0.2) is 4.98 Å². The molecule has 0 unspecified atom stereocenters. The lowest BCUT2D eigenvalue weighted by Gasteiger charge is -2.33. The first-order valence-corrected chi connectivity index (χ1v) is 9.58. The van der Waals surface area contributed by atoms with Crippen LogP contribution in [0.1, 0.15) is 35.7 Å². The number of nitrogens with zero attached hydrogens (tertiary/aromatic N) is 2. The van der Waals surface area contributed by atoms with Gasteiger partial charge < -0.3 is 15.2 Å². The molecule has 2 aromatic carbocycles. The Kier molecular flexibility index (Phi) is 4.64. The number of rotatable bonds is 2. The van der Waals surface area contributed by atoms with Crippen molar-refractivity contribution in [3.8, 4) is 0 Å². The van der Waals surface area contributed by atoms with Gasteiger partial charge in [-0.3, -0.25) is 0 Å². The van der Waals surface area contributed by atoms with Gasteiger partial charge in [0.05, 0.1) is 11.0 Å². The second-order valence-corrected chi connectivity index (χ2v) is 7.61. The summed E-state index contributed by atoms with van der Waals surface area (Å²) in [6, 6.07) is 14.7. The van der Waals surface area contributed by atoms with Crippen LogP contribution in [-0.4, -0.2) is 33.1 Å². The summed E-state index contributed by atoms with van der Waals surface area (Å²) in [5.74, 6) is 1.46. The van der Waals surface area contributed by atoms with E-state index in [9.17, 15) is 0 Å². The Hall–Kier alpha value is -2.40. The number of piperidine rings is 1. The second kappa shape index (κ2) is 7.08. The van der Waals surface area contributed by atoms with E-state index in [0.717, 1.165) is 53.6 Å². The molecular formula is C21H24N4S. The molecule has 4 nitrogen and oxygen atoms in total. The van der Waals surface area contributed by atoms with E-state index in [4.69, 9.17) is 17.2 Å². The number of likely N-dealkylation sites (tertiary alicyclic amines) is 1. The van der Waals surface area contributed by atoms with Gasteiger partial charge in [0, 0.05) is 24.7 Å². The number of hydrogen-bond donors (Lipinski definition) is 2. The number of fused-ring (bicyclic) bond motifs is 1. The zero-order chi connectivity index (χ0) is 18.1. The number of hydrogen-bond acceptors (Lipinski definition) is 2. The molecule has 0 amide bonds. The number of nitrogens with one attached hydrogen (secondary N) is 2. The van der Waals surface area contributed by atoms with Crippen molar-refractivity contribution in [3.63, 3.8) is 0 Å². The monoisotopic (exact) mass is 364 g/mol. The number of thiocarbonyl (C=S) groups is 1. The number of imidazole rings is 1. The molecule has 2 heterocycles. The van der Waals surface area contributed by atoms with Crippen LogP contribution in [0, 0.1) is 13.8 Å². The summed E-state index contributed by atoms with van der Waals surface area (Å²) in [7, 11) is 0. The number of aryl methyl sites for hydroxylation is 2. The Bertz CT molecular complexity index is 929. The highest BCUT2D eigenvalue weighted by atomic mass is 32.1. The molecule has 1 aliphatic heterocycles. The molecule has 0 bridgehead atoms. The molecule has 134 valence electrons. The summed E-state index contributed by atoms with van der Waals surface area (Å²) in [4.78, 5) is 10.6. The van der Waals surface area contributed by atoms with Crippen LogP contribution in [-0.2, 0) is 0 Å². The van der Waals surface area contributed by atoms with E-state index in [1.54, 1.807) is 0 Å². The Morgan fingerprint density at radius 3 is 2.73 bits per heavy atom. The average Bonchev–Trinajstić information content (AvgIpc) is 3.07. The Morgan fingerprint density at radius 2 is 1.92 bits per heavy atom. The van der Waals surface area contributed by atoms with E-state index in [0.29, 0.717) is 5.92 Å². The molecule has 1 aromatic heterocycles. The third-order valence-corrected chi connectivity index (χ3v) is 5.41. The van der Waals surface area contributed by atoms with Crippen LogP contribution < -0.4 is 5.32 Å². The van der Waals surface area contributed by atoms with Gasteiger partial charge in [0.1, 0.15) is 5.82 Å². The van der Waals surface area contributed by atoms with Crippen molar-refractivity contribution in [3.05, 3.63) is 59.4 Å². The number of aromatic nitrogens is 2. The van der Waals surface area contributed by atoms with Crippen LogP contribution in [0.4, 0.5) is 5.69 Å². The Morgan fingerprint density at radius 1 is 1.15 bits per heavy atom. The molecule has 0 spiro atoms. The predicted octanol–water partition coefficient (Wildman–Crippen LogP) is 4.76. The van der Waals surface area contributed by atoms with Gasteiger partial charge in [-0.05, 0) is 68.7 Å². The number of anilines is 1. The minimum absolute atomic E-state index is 0.384. The zero-order valence-corrected chi connectivity index (χ0v) is 16.1. The first-order chi connectivity index (χ1) is 12.6. The highest BCUT2D eigenvalue weighted by Gasteiger charge is 2.25. The van der Waals surface area contributed by atoms with Crippen molar-refractivity contribution in [2.24, 2.45) is 0 Å². The zero-order valence-electron chi connectivity index (χ0n) is 15.2. The van der Waals surface area contributed by atoms with E-state index >= 15 is 0 Å². The Labute approximate surface area is 159 Å². The lowest BCUT2D eigenvalue weighted by Crippen LogP contribution is -2.41. The van der Waals surface area contributed by atoms with E-state index in [1.807, 2.05) is 0 Å². The highest BCUT2D eigenvalue weighted by molar-refractivity contribution is 7.80. The van der Waals surface area contributed by atoms with Gasteiger partial charge in [-0.2, -0.15) is 0 Å². The maximum atomic E-state index is 5.66. The number of H-pyrrole nitrogens is 1. The fourth-order valence-electron chi connectivity index (χ4n) is 3.56. The van der Waals surface area contributed by atoms with Crippen LogP contribution in [0.2, 0.25) is 0 Å². The van der Waals surface area contributed by atoms with E-state index in [-0.39, 0.29) is 0 Å². The van der Waals surface area contributed by atoms with Gasteiger partial charge in [-0.1, -0.05) is 23.8 Å². The van der Waals surface area contributed by atoms with Crippen molar-refractivity contribution in [2.75, 3.05) is 18.4 Å². The summed E-state index contributed by atoms with van der Waals surface area (Å²) in [5.41, 5.74) is 5.71. The normalized spacial score (nSPS) is 17.5. The number of aromatic amines is 1. The van der Waals surface area contributed by atoms with Gasteiger partial charge in [0.25, 0.3) is 0 Å². The molecule has 0 radical (unpaired) electrons. The second-order valence-electron chi connectivity index (χ2n) is 7.22. The predicted molar refractivity (Wildman–Crippen MR) is 112 cm³/mol. The minimum atomic E-state index is 0.384. The van der Waals surface area contributed by atoms with Crippen molar-refractivity contribution in [1.29, 1.82) is 0 Å². The fraction of sp³-hybridized carbons (Fsp3) is 0.333. The van der Waals surface area contributed by atoms with Crippen LogP contribution in [0.3, 0.4) is 0 Å². The number of benzene rings is 2. The first-order valence-electron chi connectivity index (χ1n) is 9.17. The standard InChI is InChI=1S/C21H24N4S/c1-14-5-8-17(9-6-14)22-21(26)25-11-3-4-16(13-25)20-23-18-10-7-15(2)12-19(18)24-20/h5-10,12,16H,3-4,11,13H2,1-2H3,(H,22,26)(H,23,24)/t16-/m1/s1. The molecule has 3 aromatic rings. The summed E-state index contributed by atoms with van der Waals surface area (Å²) in [6.07, 6.45) is 2.26. The van der Waals surface area contributed by atoms with E-state index in [2.05, 4.69) is 71.5 Å². The summed E-state index contributed by atoms with van der Waals surface area (Å²) < 4.78 is 0. The smallest absolute Gasteiger partial charge is 0.173 e. The molecule has 1 fully saturated rings. The van der Waals surface area contributed by atoms with Crippen LogP contribution in [0.5, 0.6) is 0 Å². The largest absolute Gasteiger partial charge is 0.348 e.